The second-order valence-electron chi connectivity index (χ2n) is 3.51. The first kappa shape index (κ1) is 12.4. The van der Waals surface area contributed by atoms with Crippen molar-refractivity contribution < 1.29 is 9.53 Å². The maximum absolute atomic E-state index is 11.5. The Bertz CT molecular complexity index is 338. The Morgan fingerprint density at radius 3 is 2.88 bits per heavy atom. The van der Waals surface area contributed by atoms with Crippen LogP contribution in [0.5, 0.6) is 5.88 Å². The summed E-state index contributed by atoms with van der Waals surface area (Å²) in [5.74, 6) is 0.421. The Balaban J connectivity index is 2.49. The average molecular weight is 223 g/mol. The number of methoxy groups -OCH3 is 1. The smallest absolute Gasteiger partial charge is 0.225 e. The van der Waals surface area contributed by atoms with Gasteiger partial charge in [-0.25, -0.2) is 4.98 Å². The monoisotopic (exact) mass is 223 g/mol. The predicted molar refractivity (Wildman–Crippen MR) is 62.3 cm³/mol. The Labute approximate surface area is 95.0 Å². The summed E-state index contributed by atoms with van der Waals surface area (Å²) in [5, 5.41) is 2.72. The third-order valence-electron chi connectivity index (χ3n) is 2.20. The molecular formula is C11H17N3O2. The highest BCUT2D eigenvalue weighted by atomic mass is 16.5. The molecule has 0 aliphatic carbocycles. The summed E-state index contributed by atoms with van der Waals surface area (Å²) in [4.78, 5) is 15.5. The maximum Gasteiger partial charge on any atom is 0.225 e. The van der Waals surface area contributed by atoms with Crippen LogP contribution in [-0.2, 0) is 4.79 Å². The molecule has 88 valence electrons. The van der Waals surface area contributed by atoms with Crippen LogP contribution < -0.4 is 15.8 Å². The first-order valence-corrected chi connectivity index (χ1v) is 5.21. The third-order valence-corrected chi connectivity index (χ3v) is 2.20. The Hall–Kier alpha value is -1.62. The van der Waals surface area contributed by atoms with Gasteiger partial charge in [-0.05, 0) is 12.5 Å². The van der Waals surface area contributed by atoms with E-state index in [-0.39, 0.29) is 11.9 Å². The number of hydrogen-bond donors (Lipinski definition) is 2. The number of hydrogen-bond acceptors (Lipinski definition) is 4. The number of nitrogens with two attached hydrogens (primary N) is 1. The molecule has 1 amide bonds. The molecule has 1 heterocycles. The lowest BCUT2D eigenvalue weighted by molar-refractivity contribution is -0.116. The summed E-state index contributed by atoms with van der Waals surface area (Å²) in [6.45, 7) is 1.95. The van der Waals surface area contributed by atoms with E-state index < -0.39 is 0 Å². The molecule has 0 spiro atoms. The van der Waals surface area contributed by atoms with Gasteiger partial charge in [-0.15, -0.1) is 0 Å². The van der Waals surface area contributed by atoms with Crippen LogP contribution in [0.4, 0.5) is 5.69 Å². The summed E-state index contributed by atoms with van der Waals surface area (Å²) in [5.41, 5.74) is 6.32. The highest BCUT2D eigenvalue weighted by Gasteiger charge is 2.07. The minimum atomic E-state index is -0.0960. The standard InChI is InChI=1S/C11H17N3O2/c1-3-8(12)6-10(15)14-9-4-5-11(16-2)13-7-9/h4-5,7-8H,3,6,12H2,1-2H3,(H,14,15). The van der Waals surface area contributed by atoms with Crippen LogP contribution in [0.25, 0.3) is 0 Å². The summed E-state index contributed by atoms with van der Waals surface area (Å²) in [6, 6.07) is 3.34. The van der Waals surface area contributed by atoms with Gasteiger partial charge in [0, 0.05) is 18.5 Å². The molecule has 0 saturated heterocycles. The number of carbonyl (C=O) groups excluding carboxylic acids is 1. The number of anilines is 1. The predicted octanol–water partition coefficient (Wildman–Crippen LogP) is 1.16. The molecule has 5 heteroatoms. The van der Waals surface area contributed by atoms with Crippen molar-refractivity contribution in [1.82, 2.24) is 4.98 Å². The van der Waals surface area contributed by atoms with Crippen molar-refractivity contribution in [2.75, 3.05) is 12.4 Å². The molecule has 1 atom stereocenters. The molecule has 16 heavy (non-hydrogen) atoms. The lowest BCUT2D eigenvalue weighted by Gasteiger charge is -2.09. The van der Waals surface area contributed by atoms with Gasteiger partial charge in [0.1, 0.15) is 0 Å². The third kappa shape index (κ3) is 3.86. The minimum absolute atomic E-state index is 0.0915. The molecule has 1 aromatic rings. The lowest BCUT2D eigenvalue weighted by Crippen LogP contribution is -2.26. The number of ether oxygens (including phenoxy) is 1. The number of pyridine rings is 1. The fourth-order valence-electron chi connectivity index (χ4n) is 1.17. The highest BCUT2D eigenvalue weighted by Crippen LogP contribution is 2.11. The van der Waals surface area contributed by atoms with Crippen LogP contribution in [0.3, 0.4) is 0 Å². The summed E-state index contributed by atoms with van der Waals surface area (Å²) >= 11 is 0. The number of nitrogens with one attached hydrogen (secondary N) is 1. The summed E-state index contributed by atoms with van der Waals surface area (Å²) in [6.07, 6.45) is 2.66. The van der Waals surface area contributed by atoms with Gasteiger partial charge in [-0.1, -0.05) is 6.92 Å². The van der Waals surface area contributed by atoms with Gasteiger partial charge in [0.05, 0.1) is 19.0 Å². The van der Waals surface area contributed by atoms with E-state index in [0.29, 0.717) is 18.0 Å². The zero-order chi connectivity index (χ0) is 12.0. The first-order chi connectivity index (χ1) is 7.65. The van der Waals surface area contributed by atoms with E-state index in [9.17, 15) is 4.79 Å². The lowest BCUT2D eigenvalue weighted by atomic mass is 10.1. The zero-order valence-corrected chi connectivity index (χ0v) is 9.56. The van der Waals surface area contributed by atoms with Crippen molar-refractivity contribution >= 4 is 11.6 Å². The largest absolute Gasteiger partial charge is 0.481 e. The van der Waals surface area contributed by atoms with Crippen LogP contribution >= 0.6 is 0 Å². The SMILES string of the molecule is CCC(N)CC(=O)Nc1ccc(OC)nc1. The van der Waals surface area contributed by atoms with Crippen molar-refractivity contribution in [3.8, 4) is 5.88 Å². The summed E-state index contributed by atoms with van der Waals surface area (Å²) < 4.78 is 4.91. The van der Waals surface area contributed by atoms with Crippen molar-refractivity contribution in [2.24, 2.45) is 5.73 Å². The van der Waals surface area contributed by atoms with Gasteiger partial charge in [-0.3, -0.25) is 4.79 Å². The van der Waals surface area contributed by atoms with Gasteiger partial charge in [0.25, 0.3) is 0 Å². The summed E-state index contributed by atoms with van der Waals surface area (Å²) in [7, 11) is 1.54. The number of rotatable bonds is 5. The van der Waals surface area contributed by atoms with Crippen molar-refractivity contribution in [3.05, 3.63) is 18.3 Å². The van der Waals surface area contributed by atoms with E-state index >= 15 is 0 Å². The minimum Gasteiger partial charge on any atom is -0.481 e. The first-order valence-electron chi connectivity index (χ1n) is 5.21. The second-order valence-corrected chi connectivity index (χ2v) is 3.51. The van der Waals surface area contributed by atoms with Crippen LogP contribution in [0.1, 0.15) is 19.8 Å². The number of carbonyl (C=O) groups is 1. The molecule has 1 aromatic heterocycles. The van der Waals surface area contributed by atoms with Gasteiger partial charge in [0.15, 0.2) is 0 Å². The normalized spacial score (nSPS) is 11.9. The van der Waals surface area contributed by atoms with E-state index in [0.717, 1.165) is 6.42 Å². The molecule has 0 bridgehead atoms. The second kappa shape index (κ2) is 6.07. The Morgan fingerprint density at radius 2 is 2.38 bits per heavy atom. The molecule has 0 saturated carbocycles. The van der Waals surface area contributed by atoms with Crippen molar-refractivity contribution in [2.45, 2.75) is 25.8 Å². The topological polar surface area (TPSA) is 77.2 Å². The fourth-order valence-corrected chi connectivity index (χ4v) is 1.17. The molecule has 0 aliphatic heterocycles. The van der Waals surface area contributed by atoms with Gasteiger partial charge < -0.3 is 15.8 Å². The van der Waals surface area contributed by atoms with E-state index in [1.807, 2.05) is 6.92 Å². The molecule has 0 radical (unpaired) electrons. The van der Waals surface area contributed by atoms with Gasteiger partial charge in [0.2, 0.25) is 11.8 Å². The highest BCUT2D eigenvalue weighted by molar-refractivity contribution is 5.90. The van der Waals surface area contributed by atoms with E-state index in [4.69, 9.17) is 10.5 Å². The molecule has 1 rings (SSSR count). The molecule has 0 aliphatic rings. The number of nitrogens with zero attached hydrogens (tertiary/aromatic N) is 1. The maximum atomic E-state index is 11.5. The number of aromatic nitrogens is 1. The van der Waals surface area contributed by atoms with Crippen LogP contribution in [0, 0.1) is 0 Å². The molecule has 3 N–H and O–H groups in total. The number of amides is 1. The van der Waals surface area contributed by atoms with Gasteiger partial charge in [-0.2, -0.15) is 0 Å². The van der Waals surface area contributed by atoms with Gasteiger partial charge >= 0.3 is 0 Å². The average Bonchev–Trinajstić information content (AvgIpc) is 2.29. The van der Waals surface area contributed by atoms with Crippen molar-refractivity contribution in [1.29, 1.82) is 0 Å². The Kier molecular flexibility index (Phi) is 4.72. The molecule has 0 aromatic carbocycles. The molecule has 5 nitrogen and oxygen atoms in total. The zero-order valence-electron chi connectivity index (χ0n) is 9.56. The molecular weight excluding hydrogens is 206 g/mol. The van der Waals surface area contributed by atoms with E-state index in [1.165, 1.54) is 0 Å². The quantitative estimate of drug-likeness (QED) is 0.785. The fraction of sp³-hybridized carbons (Fsp3) is 0.455. The molecule has 1 unspecified atom stereocenters. The Morgan fingerprint density at radius 1 is 1.62 bits per heavy atom. The van der Waals surface area contributed by atoms with Crippen LogP contribution in [0.2, 0.25) is 0 Å². The van der Waals surface area contributed by atoms with Crippen molar-refractivity contribution in [3.63, 3.8) is 0 Å². The van der Waals surface area contributed by atoms with Crippen LogP contribution in [-0.4, -0.2) is 24.0 Å². The van der Waals surface area contributed by atoms with E-state index in [1.54, 1.807) is 25.4 Å². The van der Waals surface area contributed by atoms with E-state index in [2.05, 4.69) is 10.3 Å². The van der Waals surface area contributed by atoms with Crippen LogP contribution in [0.15, 0.2) is 18.3 Å². The molecule has 0 fully saturated rings.